The third kappa shape index (κ3) is 4.96. The number of nitrogens with one attached hydrogen (secondary N) is 1. The fourth-order valence-corrected chi connectivity index (χ4v) is 5.07. The van der Waals surface area contributed by atoms with E-state index in [9.17, 15) is 8.42 Å². The van der Waals surface area contributed by atoms with Gasteiger partial charge in [0.25, 0.3) is 0 Å². The first-order chi connectivity index (χ1) is 14.5. The van der Waals surface area contributed by atoms with Crippen LogP contribution in [0, 0.1) is 11.3 Å². The van der Waals surface area contributed by atoms with Gasteiger partial charge in [-0.2, -0.15) is 5.26 Å². The van der Waals surface area contributed by atoms with E-state index < -0.39 is 10.0 Å². The van der Waals surface area contributed by atoms with E-state index in [1.165, 1.54) is 6.20 Å². The van der Waals surface area contributed by atoms with Crippen molar-refractivity contribution >= 4 is 15.8 Å². The Kier molecular flexibility index (Phi) is 6.29. The second-order valence-corrected chi connectivity index (χ2v) is 9.32. The lowest BCUT2D eigenvalue weighted by Crippen LogP contribution is -2.37. The summed E-state index contributed by atoms with van der Waals surface area (Å²) in [6.07, 6.45) is 2.17. The number of aromatic nitrogens is 1. The maximum Gasteiger partial charge on any atom is 0.242 e. The zero-order valence-corrected chi connectivity index (χ0v) is 17.5. The molecule has 2 aliphatic heterocycles. The Bertz CT molecular complexity index is 1010. The number of ether oxygens (including phenoxy) is 1. The third-order valence-corrected chi connectivity index (χ3v) is 6.93. The standard InChI is InChI=1S/C21H25N5O3S/c22-13-17-2-1-3-18(12-17)15-25-7-6-19(16-25)24-30(27,28)20-4-5-21(23-14-20)26-8-10-29-11-9-26/h1-5,12,14,19,24H,6-11,15-16H2. The number of anilines is 1. The number of nitriles is 1. The number of sulfonamides is 1. The lowest BCUT2D eigenvalue weighted by molar-refractivity contribution is 0.122. The summed E-state index contributed by atoms with van der Waals surface area (Å²) in [7, 11) is -3.62. The van der Waals surface area contributed by atoms with Crippen LogP contribution in [0.3, 0.4) is 0 Å². The van der Waals surface area contributed by atoms with Crippen molar-refractivity contribution in [3.05, 3.63) is 53.7 Å². The van der Waals surface area contributed by atoms with E-state index in [1.54, 1.807) is 18.2 Å². The quantitative estimate of drug-likeness (QED) is 0.743. The molecule has 0 radical (unpaired) electrons. The highest BCUT2D eigenvalue weighted by atomic mass is 32.2. The minimum atomic E-state index is -3.62. The second-order valence-electron chi connectivity index (χ2n) is 7.61. The van der Waals surface area contributed by atoms with E-state index in [4.69, 9.17) is 10.00 Å². The van der Waals surface area contributed by atoms with Crippen LogP contribution in [-0.2, 0) is 21.3 Å². The molecule has 4 rings (SSSR count). The van der Waals surface area contributed by atoms with Crippen molar-refractivity contribution in [2.45, 2.75) is 23.9 Å². The molecule has 3 heterocycles. The second kappa shape index (κ2) is 9.10. The monoisotopic (exact) mass is 427 g/mol. The van der Waals surface area contributed by atoms with Crippen molar-refractivity contribution in [2.75, 3.05) is 44.3 Å². The van der Waals surface area contributed by atoms with Crippen LogP contribution in [-0.4, -0.2) is 63.7 Å². The first-order valence-electron chi connectivity index (χ1n) is 10.1. The van der Waals surface area contributed by atoms with Crippen LogP contribution in [0.5, 0.6) is 0 Å². The van der Waals surface area contributed by atoms with Crippen LogP contribution < -0.4 is 9.62 Å². The van der Waals surface area contributed by atoms with Crippen LogP contribution in [0.25, 0.3) is 0 Å². The van der Waals surface area contributed by atoms with E-state index in [0.29, 0.717) is 31.9 Å². The molecule has 1 aromatic carbocycles. The Morgan fingerprint density at radius 2 is 2.03 bits per heavy atom. The highest BCUT2D eigenvalue weighted by Gasteiger charge is 2.27. The molecular weight excluding hydrogens is 402 g/mol. The van der Waals surface area contributed by atoms with Crippen LogP contribution in [0.15, 0.2) is 47.5 Å². The molecule has 0 amide bonds. The average Bonchev–Trinajstić information content (AvgIpc) is 3.20. The average molecular weight is 428 g/mol. The molecule has 0 saturated carbocycles. The van der Waals surface area contributed by atoms with Crippen molar-refractivity contribution < 1.29 is 13.2 Å². The maximum atomic E-state index is 12.8. The fourth-order valence-electron chi connectivity index (χ4n) is 3.87. The van der Waals surface area contributed by atoms with Crippen molar-refractivity contribution in [3.8, 4) is 6.07 Å². The van der Waals surface area contributed by atoms with Crippen LogP contribution >= 0.6 is 0 Å². The molecule has 1 unspecified atom stereocenters. The van der Waals surface area contributed by atoms with Gasteiger partial charge < -0.3 is 9.64 Å². The Balaban J connectivity index is 1.35. The summed E-state index contributed by atoms with van der Waals surface area (Å²) in [5, 5.41) is 9.04. The first-order valence-corrected chi connectivity index (χ1v) is 11.5. The van der Waals surface area contributed by atoms with Gasteiger partial charge >= 0.3 is 0 Å². The largest absolute Gasteiger partial charge is 0.378 e. The molecule has 1 aromatic heterocycles. The molecule has 0 bridgehead atoms. The van der Waals surface area contributed by atoms with E-state index in [2.05, 4.69) is 25.6 Å². The zero-order valence-electron chi connectivity index (χ0n) is 16.7. The Morgan fingerprint density at radius 3 is 2.77 bits per heavy atom. The highest BCUT2D eigenvalue weighted by Crippen LogP contribution is 2.19. The van der Waals surface area contributed by atoms with Crippen molar-refractivity contribution in [3.63, 3.8) is 0 Å². The van der Waals surface area contributed by atoms with Gasteiger partial charge in [-0.05, 0) is 36.2 Å². The van der Waals surface area contributed by atoms with Crippen LogP contribution in [0.4, 0.5) is 5.82 Å². The van der Waals surface area contributed by atoms with Gasteiger partial charge in [-0.15, -0.1) is 0 Å². The Labute approximate surface area is 177 Å². The normalized spacial score (nSPS) is 20.2. The molecule has 1 N–H and O–H groups in total. The minimum Gasteiger partial charge on any atom is -0.378 e. The summed E-state index contributed by atoms with van der Waals surface area (Å²) in [6, 6.07) is 12.9. The minimum absolute atomic E-state index is 0.145. The van der Waals surface area contributed by atoms with E-state index in [1.807, 2.05) is 18.2 Å². The molecule has 1 atom stereocenters. The number of likely N-dealkylation sites (tertiary alicyclic amines) is 1. The number of nitrogens with zero attached hydrogens (tertiary/aromatic N) is 4. The molecule has 8 nitrogen and oxygen atoms in total. The number of benzene rings is 1. The molecule has 2 aliphatic rings. The fraction of sp³-hybridized carbons (Fsp3) is 0.429. The summed E-state index contributed by atoms with van der Waals surface area (Å²) in [5.74, 6) is 0.767. The van der Waals surface area contributed by atoms with E-state index in [-0.39, 0.29) is 10.9 Å². The predicted molar refractivity (Wildman–Crippen MR) is 112 cm³/mol. The van der Waals surface area contributed by atoms with Crippen LogP contribution in [0.1, 0.15) is 17.5 Å². The van der Waals surface area contributed by atoms with Gasteiger partial charge in [0.15, 0.2) is 0 Å². The van der Waals surface area contributed by atoms with Gasteiger partial charge in [0, 0.05) is 45.0 Å². The lowest BCUT2D eigenvalue weighted by atomic mass is 10.1. The van der Waals surface area contributed by atoms with Gasteiger partial charge in [-0.1, -0.05) is 12.1 Å². The van der Waals surface area contributed by atoms with Gasteiger partial charge in [0.05, 0.1) is 24.8 Å². The van der Waals surface area contributed by atoms with Gasteiger partial charge in [-0.25, -0.2) is 18.1 Å². The van der Waals surface area contributed by atoms with Crippen LogP contribution in [0.2, 0.25) is 0 Å². The number of pyridine rings is 1. The van der Waals surface area contributed by atoms with Crippen molar-refractivity contribution in [1.82, 2.24) is 14.6 Å². The molecule has 0 aliphatic carbocycles. The first kappa shape index (κ1) is 20.8. The molecule has 2 saturated heterocycles. The van der Waals surface area contributed by atoms with E-state index in [0.717, 1.165) is 37.4 Å². The smallest absolute Gasteiger partial charge is 0.242 e. The zero-order chi connectivity index (χ0) is 21.0. The molecule has 158 valence electrons. The third-order valence-electron chi connectivity index (χ3n) is 5.42. The molecule has 0 spiro atoms. The number of rotatable bonds is 6. The van der Waals surface area contributed by atoms with Gasteiger partial charge in [0.2, 0.25) is 10.0 Å². The summed E-state index contributed by atoms with van der Waals surface area (Å²) >= 11 is 0. The maximum absolute atomic E-state index is 12.8. The Morgan fingerprint density at radius 1 is 1.20 bits per heavy atom. The highest BCUT2D eigenvalue weighted by molar-refractivity contribution is 7.89. The topological polar surface area (TPSA) is 98.6 Å². The number of hydrogen-bond donors (Lipinski definition) is 1. The number of morpholine rings is 1. The van der Waals surface area contributed by atoms with Crippen molar-refractivity contribution in [1.29, 1.82) is 5.26 Å². The summed E-state index contributed by atoms with van der Waals surface area (Å²) in [6.45, 7) is 4.96. The Hall–Kier alpha value is -2.51. The molecule has 2 fully saturated rings. The summed E-state index contributed by atoms with van der Waals surface area (Å²) in [5.41, 5.74) is 1.69. The summed E-state index contributed by atoms with van der Waals surface area (Å²) < 4.78 is 33.7. The molecule has 30 heavy (non-hydrogen) atoms. The van der Waals surface area contributed by atoms with Crippen molar-refractivity contribution in [2.24, 2.45) is 0 Å². The summed E-state index contributed by atoms with van der Waals surface area (Å²) in [4.78, 5) is 8.81. The molecule has 2 aromatic rings. The van der Waals surface area contributed by atoms with Gasteiger partial charge in [-0.3, -0.25) is 4.90 Å². The predicted octanol–water partition coefficient (Wildman–Crippen LogP) is 1.34. The molecular formula is C21H25N5O3S. The lowest BCUT2D eigenvalue weighted by Gasteiger charge is -2.27. The molecule has 9 heteroatoms. The van der Waals surface area contributed by atoms with E-state index >= 15 is 0 Å². The van der Waals surface area contributed by atoms with Gasteiger partial charge in [0.1, 0.15) is 10.7 Å². The number of hydrogen-bond acceptors (Lipinski definition) is 7. The SMILES string of the molecule is N#Cc1cccc(CN2CCC(NS(=O)(=O)c3ccc(N4CCOCC4)nc3)C2)c1.